The maximum Gasteiger partial charge on any atom is 0.337 e. The number of hydrogen-bond donors (Lipinski definition) is 2. The van der Waals surface area contributed by atoms with E-state index in [-0.39, 0.29) is 41.3 Å². The smallest absolute Gasteiger partial charge is 0.337 e. The molecule has 5 rings (SSSR count). The zero-order valence-corrected chi connectivity index (χ0v) is 21.3. The molecule has 0 amide bonds. The highest BCUT2D eigenvalue weighted by molar-refractivity contribution is 9.10. The maximum absolute atomic E-state index is 14.7. The van der Waals surface area contributed by atoms with Gasteiger partial charge in [0.05, 0.1) is 17.1 Å². The van der Waals surface area contributed by atoms with Crippen molar-refractivity contribution in [3.63, 3.8) is 0 Å². The van der Waals surface area contributed by atoms with Crippen LogP contribution in [0.15, 0.2) is 67.4 Å². The van der Waals surface area contributed by atoms with Crippen molar-refractivity contribution in [2.45, 2.75) is 31.7 Å². The van der Waals surface area contributed by atoms with E-state index in [1.54, 1.807) is 30.3 Å². The summed E-state index contributed by atoms with van der Waals surface area (Å²) >= 11 is 3.21. The number of halogens is 2. The van der Waals surface area contributed by atoms with Gasteiger partial charge in [-0.15, -0.1) is 0 Å². The summed E-state index contributed by atoms with van der Waals surface area (Å²) in [5.74, 6) is -1.54. The van der Waals surface area contributed by atoms with Crippen LogP contribution in [-0.2, 0) is 18.3 Å². The largest absolute Gasteiger partial charge is 0.481 e. The van der Waals surface area contributed by atoms with Crippen molar-refractivity contribution in [3.8, 4) is 5.69 Å². The molecule has 0 atom stereocenters. The Morgan fingerprint density at radius 2 is 1.86 bits per heavy atom. The Hall–Kier alpha value is -3.99. The van der Waals surface area contributed by atoms with Crippen LogP contribution in [0.4, 0.5) is 15.8 Å². The minimum absolute atomic E-state index is 0.0507. The number of carbonyl (C=O) groups is 1. The third kappa shape index (κ3) is 4.62. The molecular formula is C26H22BrFN4O5. The lowest BCUT2D eigenvalue weighted by Crippen LogP contribution is -2.41. The fraction of sp³-hybridized carbons (Fsp3) is 0.231. The van der Waals surface area contributed by atoms with Crippen molar-refractivity contribution < 1.29 is 14.3 Å². The molecule has 0 bridgehead atoms. The van der Waals surface area contributed by atoms with E-state index in [9.17, 15) is 23.6 Å². The Morgan fingerprint density at radius 3 is 2.54 bits per heavy atom. The van der Waals surface area contributed by atoms with E-state index in [2.05, 4.69) is 21.2 Å². The lowest BCUT2D eigenvalue weighted by Gasteiger charge is -2.19. The van der Waals surface area contributed by atoms with Crippen LogP contribution >= 0.6 is 15.9 Å². The van der Waals surface area contributed by atoms with Gasteiger partial charge in [0.2, 0.25) is 0 Å². The normalized spacial score (nSPS) is 13.2. The van der Waals surface area contributed by atoms with Gasteiger partial charge in [0.15, 0.2) is 0 Å². The van der Waals surface area contributed by atoms with Gasteiger partial charge in [-0.05, 0) is 55.2 Å². The average molecular weight is 569 g/mol. The molecule has 1 aliphatic carbocycles. The first-order valence-corrected chi connectivity index (χ1v) is 12.4. The Labute approximate surface area is 217 Å². The van der Waals surface area contributed by atoms with Gasteiger partial charge in [-0.2, -0.15) is 0 Å². The molecule has 1 fully saturated rings. The molecule has 0 unspecified atom stereocenters. The minimum atomic E-state index is -0.950. The Kier molecular flexibility index (Phi) is 6.32. The fourth-order valence-electron chi connectivity index (χ4n) is 4.39. The van der Waals surface area contributed by atoms with Crippen LogP contribution in [0.2, 0.25) is 0 Å². The first-order valence-electron chi connectivity index (χ1n) is 11.6. The van der Waals surface area contributed by atoms with Gasteiger partial charge in [-0.25, -0.2) is 13.8 Å². The summed E-state index contributed by atoms with van der Waals surface area (Å²) in [6.07, 6.45) is 1.48. The molecule has 2 heterocycles. The second-order valence-electron chi connectivity index (χ2n) is 8.99. The lowest BCUT2D eigenvalue weighted by molar-refractivity contribution is -0.136. The number of nitrogens with zero attached hydrogens (tertiary/aromatic N) is 3. The highest BCUT2D eigenvalue weighted by atomic mass is 79.9. The van der Waals surface area contributed by atoms with E-state index in [0.29, 0.717) is 28.6 Å². The molecule has 0 aliphatic heterocycles. The quantitative estimate of drug-likeness (QED) is 0.350. The van der Waals surface area contributed by atoms with Crippen LogP contribution in [0, 0.1) is 5.82 Å². The number of aromatic nitrogens is 3. The molecule has 2 aromatic heterocycles. The molecule has 9 nitrogen and oxygen atoms in total. The van der Waals surface area contributed by atoms with E-state index in [1.807, 2.05) is 0 Å². The molecule has 4 aromatic rings. The number of anilines is 2. The monoisotopic (exact) mass is 568 g/mol. The number of benzene rings is 2. The predicted molar refractivity (Wildman–Crippen MR) is 141 cm³/mol. The van der Waals surface area contributed by atoms with Crippen molar-refractivity contribution in [2.75, 3.05) is 5.32 Å². The van der Waals surface area contributed by atoms with E-state index in [4.69, 9.17) is 5.11 Å². The minimum Gasteiger partial charge on any atom is -0.481 e. The molecule has 11 heteroatoms. The molecule has 0 spiro atoms. The number of hydrogen-bond acceptors (Lipinski definition) is 5. The number of aliphatic carboxylic acids is 1. The van der Waals surface area contributed by atoms with Crippen LogP contribution in [-0.4, -0.2) is 24.8 Å². The van der Waals surface area contributed by atoms with Gasteiger partial charge in [-0.3, -0.25) is 23.5 Å². The molecule has 37 heavy (non-hydrogen) atoms. The van der Waals surface area contributed by atoms with Crippen LogP contribution < -0.4 is 22.1 Å². The highest BCUT2D eigenvalue weighted by Gasteiger charge is 2.31. The number of aryl methyl sites for hydroxylation is 2. The van der Waals surface area contributed by atoms with Crippen molar-refractivity contribution >= 4 is 44.3 Å². The average Bonchev–Trinajstić information content (AvgIpc) is 3.68. The third-order valence-corrected chi connectivity index (χ3v) is 6.85. The SMILES string of the molecule is Cn1c(=O)cc(Nc2ccc(Br)cc2F)c2c(=O)n(C3CC3)c(=O)n(-c3cccc(CCC(=O)O)c3)c21. The molecule has 0 saturated heterocycles. The van der Waals surface area contributed by atoms with Crippen LogP contribution in [0.1, 0.15) is 30.9 Å². The molecule has 1 saturated carbocycles. The summed E-state index contributed by atoms with van der Waals surface area (Å²) in [7, 11) is 1.46. The first kappa shape index (κ1) is 24.7. The first-order chi connectivity index (χ1) is 17.7. The number of carboxylic acid groups (broad SMARTS) is 1. The fourth-order valence-corrected chi connectivity index (χ4v) is 4.72. The van der Waals surface area contributed by atoms with Gasteiger partial charge >= 0.3 is 11.7 Å². The Bertz CT molecular complexity index is 1750. The summed E-state index contributed by atoms with van der Waals surface area (Å²) in [4.78, 5) is 51.5. The maximum atomic E-state index is 14.7. The van der Waals surface area contributed by atoms with Gasteiger partial charge < -0.3 is 10.4 Å². The summed E-state index contributed by atoms with van der Waals surface area (Å²) < 4.78 is 18.9. The van der Waals surface area contributed by atoms with Gasteiger partial charge in [0.1, 0.15) is 16.9 Å². The van der Waals surface area contributed by atoms with Crippen molar-refractivity contribution in [3.05, 3.63) is 95.6 Å². The van der Waals surface area contributed by atoms with E-state index < -0.39 is 28.6 Å². The molecule has 1 aliphatic rings. The van der Waals surface area contributed by atoms with E-state index in [0.717, 1.165) is 0 Å². The number of pyridine rings is 1. The Balaban J connectivity index is 1.82. The van der Waals surface area contributed by atoms with Crippen molar-refractivity contribution in [1.82, 2.24) is 13.7 Å². The van der Waals surface area contributed by atoms with Crippen molar-refractivity contribution in [2.24, 2.45) is 7.05 Å². The number of carboxylic acids is 1. The van der Waals surface area contributed by atoms with Gasteiger partial charge in [0, 0.05) is 30.0 Å². The second-order valence-corrected chi connectivity index (χ2v) is 9.91. The van der Waals surface area contributed by atoms with Crippen molar-refractivity contribution in [1.29, 1.82) is 0 Å². The van der Waals surface area contributed by atoms with Gasteiger partial charge in [-0.1, -0.05) is 28.1 Å². The third-order valence-electron chi connectivity index (χ3n) is 6.36. The summed E-state index contributed by atoms with van der Waals surface area (Å²) in [6.45, 7) is 0. The van der Waals surface area contributed by atoms with E-state index in [1.165, 1.54) is 38.9 Å². The summed E-state index contributed by atoms with van der Waals surface area (Å²) in [5, 5.41) is 12.0. The Morgan fingerprint density at radius 1 is 1.11 bits per heavy atom. The summed E-state index contributed by atoms with van der Waals surface area (Å²) in [6, 6.07) is 12.1. The number of rotatable bonds is 7. The number of nitrogens with one attached hydrogen (secondary N) is 1. The predicted octanol–water partition coefficient (Wildman–Crippen LogP) is 3.85. The molecule has 2 aromatic carbocycles. The topological polar surface area (TPSA) is 115 Å². The summed E-state index contributed by atoms with van der Waals surface area (Å²) in [5.41, 5.74) is -0.428. The molecule has 0 radical (unpaired) electrons. The second kappa shape index (κ2) is 9.47. The van der Waals surface area contributed by atoms with E-state index >= 15 is 0 Å². The molecule has 2 N–H and O–H groups in total. The van der Waals surface area contributed by atoms with Crippen LogP contribution in [0.5, 0.6) is 0 Å². The highest BCUT2D eigenvalue weighted by Crippen LogP contribution is 2.34. The van der Waals surface area contributed by atoms with Crippen LogP contribution in [0.25, 0.3) is 16.7 Å². The zero-order valence-electron chi connectivity index (χ0n) is 19.7. The lowest BCUT2D eigenvalue weighted by atomic mass is 10.1. The molecule has 190 valence electrons. The van der Waals surface area contributed by atoms with Crippen LogP contribution in [0.3, 0.4) is 0 Å². The zero-order chi connectivity index (χ0) is 26.4. The van der Waals surface area contributed by atoms with Gasteiger partial charge in [0.25, 0.3) is 11.1 Å². The standard InChI is InChI=1S/C26H22BrFN4O5/c1-30-21(33)13-20(29-19-9-6-15(27)12-18(19)28)23-24(30)31(26(37)32(25(23)36)16-7-8-16)17-4-2-3-14(11-17)5-10-22(34)35/h2-4,6,9,11-13,16,29H,5,7-8,10H2,1H3,(H,34,35). The number of fused-ring (bicyclic) bond motifs is 1. The molecular weight excluding hydrogens is 547 g/mol.